The number of aliphatic hydroxyl groups is 1. The van der Waals surface area contributed by atoms with Crippen LogP contribution in [0.4, 0.5) is 0 Å². The first-order valence-corrected chi connectivity index (χ1v) is 4.75. The summed E-state index contributed by atoms with van der Waals surface area (Å²) in [5, 5.41) is 10.1. The zero-order valence-electron chi connectivity index (χ0n) is 8.08. The minimum Gasteiger partial charge on any atom is -0.388 e. The Morgan fingerprint density at radius 2 is 2.00 bits per heavy atom. The summed E-state index contributed by atoms with van der Waals surface area (Å²) in [4.78, 5) is 2.23. The molecule has 1 fully saturated rings. The van der Waals surface area contributed by atoms with E-state index >= 15 is 0 Å². The van der Waals surface area contributed by atoms with Crippen molar-refractivity contribution < 1.29 is 5.11 Å². The number of piperidine rings is 1. The molecule has 0 aliphatic carbocycles. The first kappa shape index (κ1) is 9.96. The molecule has 1 unspecified atom stereocenters. The van der Waals surface area contributed by atoms with Crippen LogP contribution in [0.1, 0.15) is 26.2 Å². The Morgan fingerprint density at radius 1 is 1.50 bits per heavy atom. The van der Waals surface area contributed by atoms with E-state index in [2.05, 4.69) is 11.9 Å². The largest absolute Gasteiger partial charge is 0.388 e. The van der Waals surface area contributed by atoms with Gasteiger partial charge < -0.3 is 15.7 Å². The summed E-state index contributed by atoms with van der Waals surface area (Å²) in [7, 11) is 2.08. The average Bonchev–Trinajstić information content (AvgIpc) is 2.09. The van der Waals surface area contributed by atoms with Gasteiger partial charge >= 0.3 is 0 Å². The molecule has 12 heavy (non-hydrogen) atoms. The molecule has 0 bridgehead atoms. The smallest absolute Gasteiger partial charge is 0.0822 e. The zero-order valence-corrected chi connectivity index (χ0v) is 8.08. The van der Waals surface area contributed by atoms with E-state index in [0.29, 0.717) is 0 Å². The molecule has 0 aromatic carbocycles. The van der Waals surface area contributed by atoms with Crippen LogP contribution in [0.15, 0.2) is 0 Å². The molecule has 0 aromatic rings. The first-order chi connectivity index (χ1) is 5.58. The fourth-order valence-electron chi connectivity index (χ4n) is 1.76. The first-order valence-electron chi connectivity index (χ1n) is 4.75. The van der Waals surface area contributed by atoms with Crippen LogP contribution in [0.3, 0.4) is 0 Å². The van der Waals surface area contributed by atoms with Crippen LogP contribution >= 0.6 is 0 Å². The average molecular weight is 172 g/mol. The molecular formula is C9H20N2O. The lowest BCUT2D eigenvalue weighted by molar-refractivity contribution is -0.0368. The molecule has 3 nitrogen and oxygen atoms in total. The van der Waals surface area contributed by atoms with Crippen molar-refractivity contribution in [2.24, 2.45) is 5.73 Å². The van der Waals surface area contributed by atoms with Gasteiger partial charge in [-0.1, -0.05) is 6.92 Å². The van der Waals surface area contributed by atoms with Crippen LogP contribution in [0.25, 0.3) is 0 Å². The molecule has 1 heterocycles. The van der Waals surface area contributed by atoms with Crippen molar-refractivity contribution >= 4 is 0 Å². The molecule has 1 aliphatic heterocycles. The van der Waals surface area contributed by atoms with E-state index in [1.54, 1.807) is 0 Å². The van der Waals surface area contributed by atoms with Crippen molar-refractivity contribution in [3.8, 4) is 0 Å². The quantitative estimate of drug-likeness (QED) is 0.625. The summed E-state index contributed by atoms with van der Waals surface area (Å²) in [5.41, 5.74) is 5.26. The molecule has 1 atom stereocenters. The van der Waals surface area contributed by atoms with Gasteiger partial charge in [0.25, 0.3) is 0 Å². The maximum absolute atomic E-state index is 10.1. The second-order valence-electron chi connectivity index (χ2n) is 3.92. The number of nitrogens with two attached hydrogens (primary N) is 1. The summed E-state index contributed by atoms with van der Waals surface area (Å²) >= 11 is 0. The van der Waals surface area contributed by atoms with Gasteiger partial charge in [-0.2, -0.15) is 0 Å². The van der Waals surface area contributed by atoms with Gasteiger partial charge in [-0.3, -0.25) is 0 Å². The second-order valence-corrected chi connectivity index (χ2v) is 3.92. The van der Waals surface area contributed by atoms with Crippen molar-refractivity contribution in [3.05, 3.63) is 0 Å². The molecule has 0 aromatic heterocycles. The summed E-state index contributed by atoms with van der Waals surface area (Å²) < 4.78 is 0. The number of rotatable bonds is 2. The van der Waals surface area contributed by atoms with Crippen LogP contribution in [0, 0.1) is 0 Å². The fourth-order valence-corrected chi connectivity index (χ4v) is 1.76. The normalized spacial score (nSPS) is 27.0. The lowest BCUT2D eigenvalue weighted by atomic mass is 9.84. The Bertz CT molecular complexity index is 141. The minimum absolute atomic E-state index is 0.0498. The van der Waals surface area contributed by atoms with E-state index in [1.165, 1.54) is 0 Å². The number of nitrogens with zero attached hydrogens (tertiary/aromatic N) is 1. The summed E-state index contributed by atoms with van der Waals surface area (Å²) in [5.74, 6) is 0. The van der Waals surface area contributed by atoms with Crippen LogP contribution in [-0.2, 0) is 0 Å². The minimum atomic E-state index is -0.596. The Labute approximate surface area is 74.5 Å². The van der Waals surface area contributed by atoms with Crippen LogP contribution in [0.2, 0.25) is 0 Å². The number of likely N-dealkylation sites (tertiary alicyclic amines) is 1. The van der Waals surface area contributed by atoms with Crippen LogP contribution in [0.5, 0.6) is 0 Å². The van der Waals surface area contributed by atoms with Gasteiger partial charge in [-0.05, 0) is 26.3 Å². The van der Waals surface area contributed by atoms with E-state index in [1.807, 2.05) is 6.92 Å². The molecule has 72 valence electrons. The highest BCUT2D eigenvalue weighted by atomic mass is 16.3. The highest BCUT2D eigenvalue weighted by Gasteiger charge is 2.35. The van der Waals surface area contributed by atoms with E-state index in [4.69, 9.17) is 5.73 Å². The van der Waals surface area contributed by atoms with Gasteiger partial charge in [0.05, 0.1) is 5.60 Å². The summed E-state index contributed by atoms with van der Waals surface area (Å²) in [6.45, 7) is 3.95. The van der Waals surface area contributed by atoms with Gasteiger partial charge in [0.2, 0.25) is 0 Å². The Balaban J connectivity index is 2.49. The third kappa shape index (κ3) is 1.97. The van der Waals surface area contributed by atoms with Crippen molar-refractivity contribution in [3.63, 3.8) is 0 Å². The lowest BCUT2D eigenvalue weighted by Gasteiger charge is -2.40. The predicted octanol–water partition coefficient (Wildman–Crippen LogP) is 0.180. The zero-order chi connectivity index (χ0) is 9.19. The molecule has 1 rings (SSSR count). The number of hydrogen-bond acceptors (Lipinski definition) is 3. The molecule has 3 heteroatoms. The van der Waals surface area contributed by atoms with Crippen molar-refractivity contribution in [2.45, 2.75) is 37.8 Å². The molecule has 3 N–H and O–H groups in total. The summed E-state index contributed by atoms with van der Waals surface area (Å²) in [6.07, 6.45) is 2.50. The predicted molar refractivity (Wildman–Crippen MR) is 49.9 cm³/mol. The molecule has 0 amide bonds. The highest BCUT2D eigenvalue weighted by molar-refractivity contribution is 4.92. The Morgan fingerprint density at radius 3 is 2.42 bits per heavy atom. The topological polar surface area (TPSA) is 49.5 Å². The molecular weight excluding hydrogens is 152 g/mol. The maximum Gasteiger partial charge on any atom is 0.0822 e. The molecule has 0 saturated carbocycles. The van der Waals surface area contributed by atoms with E-state index in [0.717, 1.165) is 32.4 Å². The van der Waals surface area contributed by atoms with Gasteiger partial charge in [0, 0.05) is 19.1 Å². The van der Waals surface area contributed by atoms with E-state index in [-0.39, 0.29) is 6.04 Å². The Kier molecular flexibility index (Phi) is 3.09. The number of hydrogen-bond donors (Lipinski definition) is 2. The van der Waals surface area contributed by atoms with Gasteiger partial charge in [-0.25, -0.2) is 0 Å². The highest BCUT2D eigenvalue weighted by Crippen LogP contribution is 2.25. The fraction of sp³-hybridized carbons (Fsp3) is 1.00. The maximum atomic E-state index is 10.1. The van der Waals surface area contributed by atoms with Gasteiger partial charge in [-0.15, -0.1) is 0 Å². The molecule has 0 spiro atoms. The van der Waals surface area contributed by atoms with Gasteiger partial charge in [0.15, 0.2) is 0 Å². The molecule has 1 aliphatic rings. The molecule has 0 radical (unpaired) electrons. The standard InChI is InChI=1S/C9H20N2O/c1-3-8(10)9(12)4-6-11(2)7-5-9/h8,12H,3-7,10H2,1-2H3. The third-order valence-corrected chi connectivity index (χ3v) is 2.98. The van der Waals surface area contributed by atoms with Crippen LogP contribution in [-0.4, -0.2) is 41.8 Å². The molecule has 1 saturated heterocycles. The van der Waals surface area contributed by atoms with Gasteiger partial charge in [0.1, 0.15) is 0 Å². The second kappa shape index (κ2) is 3.73. The third-order valence-electron chi connectivity index (χ3n) is 2.98. The van der Waals surface area contributed by atoms with Crippen LogP contribution < -0.4 is 5.73 Å². The Hall–Kier alpha value is -0.120. The van der Waals surface area contributed by atoms with E-state index in [9.17, 15) is 5.11 Å². The van der Waals surface area contributed by atoms with Crippen molar-refractivity contribution in [1.29, 1.82) is 0 Å². The SMILES string of the molecule is CCC(N)C1(O)CCN(C)CC1. The summed E-state index contributed by atoms with van der Waals surface area (Å²) in [6, 6.07) is -0.0498. The monoisotopic (exact) mass is 172 g/mol. The van der Waals surface area contributed by atoms with E-state index < -0.39 is 5.60 Å². The van der Waals surface area contributed by atoms with Crippen molar-refractivity contribution in [2.75, 3.05) is 20.1 Å². The van der Waals surface area contributed by atoms with Crippen molar-refractivity contribution in [1.82, 2.24) is 4.90 Å². The lowest BCUT2D eigenvalue weighted by Crippen LogP contribution is -2.53.